The number of anilines is 1. The van der Waals surface area contributed by atoms with E-state index in [1.807, 2.05) is 44.2 Å². The molecule has 45 heavy (non-hydrogen) atoms. The molecule has 0 aliphatic carbocycles. The molecule has 4 fully saturated rings. The molecule has 3 amide bonds. The van der Waals surface area contributed by atoms with Gasteiger partial charge in [-0.1, -0.05) is 66.5 Å². The van der Waals surface area contributed by atoms with Crippen molar-refractivity contribution < 1.29 is 29.0 Å². The van der Waals surface area contributed by atoms with Crippen molar-refractivity contribution in [1.29, 1.82) is 0 Å². The van der Waals surface area contributed by atoms with Crippen LogP contribution in [0.15, 0.2) is 55.6 Å². The van der Waals surface area contributed by atoms with E-state index in [0.29, 0.717) is 51.4 Å². The number of hydrogen-bond acceptors (Lipinski definition) is 7. The van der Waals surface area contributed by atoms with Gasteiger partial charge in [0, 0.05) is 49.8 Å². The standard InChI is InChI=1S/C34H47BrN4O6/c1-5-13-37(16-15-36-17-19-44-20-18-36)33(43)30-34-21-25(35)29(45-34)27(28(34)32(42)39(30)26(22-40)23(4)7-3)31(41)38(14-6-2)24-11-9-8-10-12-24/h5-6,8-12,23,25-30,40H,1-2,7,13-22H2,3-4H3/t23-,25?,26-,27+,28-,29+,30?,34?/m0/s1. The lowest BCUT2D eigenvalue weighted by Crippen LogP contribution is -2.60. The van der Waals surface area contributed by atoms with Gasteiger partial charge in [-0.25, -0.2) is 0 Å². The van der Waals surface area contributed by atoms with Crippen LogP contribution in [-0.2, 0) is 23.9 Å². The first kappa shape index (κ1) is 33.8. The summed E-state index contributed by atoms with van der Waals surface area (Å²) in [6.45, 7) is 16.0. The van der Waals surface area contributed by atoms with Crippen molar-refractivity contribution in [3.63, 3.8) is 0 Å². The predicted octanol–water partition coefficient (Wildman–Crippen LogP) is 2.71. The molecular formula is C34H47BrN4O6. The van der Waals surface area contributed by atoms with Crippen molar-refractivity contribution in [2.45, 2.75) is 55.3 Å². The molecule has 1 N–H and O–H groups in total. The highest BCUT2D eigenvalue weighted by molar-refractivity contribution is 9.09. The maximum Gasteiger partial charge on any atom is 0.248 e. The van der Waals surface area contributed by atoms with Crippen LogP contribution in [0.3, 0.4) is 0 Å². The van der Waals surface area contributed by atoms with E-state index in [1.54, 1.807) is 26.9 Å². The molecule has 8 atom stereocenters. The lowest BCUT2D eigenvalue weighted by atomic mass is 9.70. The lowest BCUT2D eigenvalue weighted by Gasteiger charge is -2.41. The predicted molar refractivity (Wildman–Crippen MR) is 176 cm³/mol. The molecule has 0 saturated carbocycles. The Hall–Kier alpha value is -2.57. The van der Waals surface area contributed by atoms with E-state index in [-0.39, 0.29) is 41.6 Å². The van der Waals surface area contributed by atoms with Gasteiger partial charge in [-0.15, -0.1) is 13.2 Å². The second-order valence-corrected chi connectivity index (χ2v) is 13.8. The van der Waals surface area contributed by atoms with Crippen molar-refractivity contribution in [2.75, 3.05) is 64.0 Å². The Bertz CT molecular complexity index is 1240. The molecule has 2 bridgehead atoms. The van der Waals surface area contributed by atoms with Crippen molar-refractivity contribution in [3.05, 3.63) is 55.6 Å². The third kappa shape index (κ3) is 6.14. The smallest absolute Gasteiger partial charge is 0.248 e. The highest BCUT2D eigenvalue weighted by Crippen LogP contribution is 2.61. The minimum Gasteiger partial charge on any atom is -0.394 e. The number of benzene rings is 1. The van der Waals surface area contributed by atoms with Crippen LogP contribution in [0.1, 0.15) is 26.7 Å². The van der Waals surface area contributed by atoms with Crippen molar-refractivity contribution in [2.24, 2.45) is 17.8 Å². The first-order chi connectivity index (χ1) is 21.7. The summed E-state index contributed by atoms with van der Waals surface area (Å²) in [5.74, 6) is -2.53. The molecular weight excluding hydrogens is 640 g/mol. The summed E-state index contributed by atoms with van der Waals surface area (Å²) < 4.78 is 12.3. The number of halogens is 1. The van der Waals surface area contributed by atoms with Crippen LogP contribution in [0.25, 0.3) is 0 Å². The van der Waals surface area contributed by atoms with Crippen LogP contribution in [-0.4, -0.2) is 125 Å². The third-order valence-corrected chi connectivity index (χ3v) is 11.0. The van der Waals surface area contributed by atoms with Gasteiger partial charge in [0.05, 0.1) is 43.8 Å². The van der Waals surface area contributed by atoms with Crippen LogP contribution in [0.5, 0.6) is 0 Å². The number of amides is 3. The molecule has 4 aliphatic heterocycles. The largest absolute Gasteiger partial charge is 0.394 e. The molecule has 1 spiro atoms. The number of nitrogens with zero attached hydrogens (tertiary/aromatic N) is 4. The number of morpholine rings is 1. The summed E-state index contributed by atoms with van der Waals surface area (Å²) in [6, 6.07) is 7.74. The fraction of sp³-hybridized carbons (Fsp3) is 0.618. The van der Waals surface area contributed by atoms with Gasteiger partial charge >= 0.3 is 0 Å². The van der Waals surface area contributed by atoms with E-state index < -0.39 is 35.6 Å². The second-order valence-electron chi connectivity index (χ2n) is 12.6. The van der Waals surface area contributed by atoms with Gasteiger partial charge in [0.2, 0.25) is 17.7 Å². The fourth-order valence-electron chi connectivity index (χ4n) is 7.75. The second kappa shape index (κ2) is 14.5. The monoisotopic (exact) mass is 686 g/mol. The summed E-state index contributed by atoms with van der Waals surface area (Å²) in [6.07, 6.45) is 3.89. The minimum atomic E-state index is -1.22. The lowest BCUT2D eigenvalue weighted by molar-refractivity contribution is -0.152. The highest BCUT2D eigenvalue weighted by atomic mass is 79.9. The molecule has 1 aromatic rings. The molecule has 0 radical (unpaired) electrons. The van der Waals surface area contributed by atoms with Gasteiger partial charge in [-0.05, 0) is 24.5 Å². The molecule has 246 valence electrons. The maximum absolute atomic E-state index is 14.8. The Labute approximate surface area is 275 Å². The summed E-state index contributed by atoms with van der Waals surface area (Å²) in [5, 5.41) is 10.7. The molecule has 4 aliphatic rings. The van der Waals surface area contributed by atoms with Gasteiger partial charge in [-0.2, -0.15) is 0 Å². The Balaban J connectivity index is 1.55. The molecule has 3 unspecified atom stereocenters. The third-order valence-electron chi connectivity index (χ3n) is 10.2. The van der Waals surface area contributed by atoms with E-state index >= 15 is 0 Å². The molecule has 5 rings (SSSR count). The average molecular weight is 688 g/mol. The van der Waals surface area contributed by atoms with Crippen LogP contribution in [0, 0.1) is 17.8 Å². The highest BCUT2D eigenvalue weighted by Gasteiger charge is 2.77. The number of aliphatic hydroxyl groups excluding tert-OH is 1. The summed E-state index contributed by atoms with van der Waals surface area (Å²) >= 11 is 3.79. The number of fused-ring (bicyclic) bond motifs is 1. The number of ether oxygens (including phenoxy) is 2. The fourth-order valence-corrected chi connectivity index (χ4v) is 8.69. The SMILES string of the molecule is C=CCN(CCN1CCOCC1)C(=O)C1N([C@@H](CO)[C@@H](C)CC)C(=O)[C@@H]2[C@@H](C(=O)N(CC=C)c3ccccc3)[C@@H]3OC12CC3Br. The molecule has 0 aromatic heterocycles. The van der Waals surface area contributed by atoms with Gasteiger partial charge < -0.3 is 29.3 Å². The number of hydrogen-bond donors (Lipinski definition) is 1. The number of alkyl halides is 1. The quantitative estimate of drug-likeness (QED) is 0.237. The maximum atomic E-state index is 14.8. The number of likely N-dealkylation sites (tertiary alicyclic amines) is 1. The topological polar surface area (TPSA) is 103 Å². The van der Waals surface area contributed by atoms with Crippen molar-refractivity contribution in [1.82, 2.24) is 14.7 Å². The van der Waals surface area contributed by atoms with Gasteiger partial charge in [0.15, 0.2) is 0 Å². The summed E-state index contributed by atoms with van der Waals surface area (Å²) in [5.41, 5.74) is -0.517. The number of para-hydroxylation sites is 1. The molecule has 1 aromatic carbocycles. The zero-order chi connectivity index (χ0) is 32.3. The Morgan fingerprint density at radius 1 is 1.16 bits per heavy atom. The number of carbonyl (C=O) groups is 3. The first-order valence-electron chi connectivity index (χ1n) is 16.2. The van der Waals surface area contributed by atoms with Crippen LogP contribution < -0.4 is 4.90 Å². The molecule has 4 heterocycles. The first-order valence-corrected chi connectivity index (χ1v) is 17.1. The van der Waals surface area contributed by atoms with E-state index in [4.69, 9.17) is 9.47 Å². The van der Waals surface area contributed by atoms with Crippen molar-refractivity contribution in [3.8, 4) is 0 Å². The molecule has 10 nitrogen and oxygen atoms in total. The zero-order valence-corrected chi connectivity index (χ0v) is 28.0. The van der Waals surface area contributed by atoms with E-state index in [1.165, 1.54) is 0 Å². The van der Waals surface area contributed by atoms with Crippen LogP contribution in [0.4, 0.5) is 5.69 Å². The molecule has 11 heteroatoms. The van der Waals surface area contributed by atoms with Gasteiger partial charge in [0.25, 0.3) is 0 Å². The number of carbonyl (C=O) groups excluding carboxylic acids is 3. The van der Waals surface area contributed by atoms with Crippen molar-refractivity contribution >= 4 is 39.3 Å². The minimum absolute atomic E-state index is 0.0848. The van der Waals surface area contributed by atoms with E-state index in [2.05, 4.69) is 34.0 Å². The summed E-state index contributed by atoms with van der Waals surface area (Å²) in [7, 11) is 0. The Morgan fingerprint density at radius 2 is 1.84 bits per heavy atom. The van der Waals surface area contributed by atoms with Crippen LogP contribution in [0.2, 0.25) is 0 Å². The normalized spacial score (nSPS) is 30.5. The zero-order valence-electron chi connectivity index (χ0n) is 26.4. The van der Waals surface area contributed by atoms with E-state index in [0.717, 1.165) is 13.1 Å². The van der Waals surface area contributed by atoms with Gasteiger partial charge in [-0.3, -0.25) is 19.3 Å². The number of rotatable bonds is 14. The average Bonchev–Trinajstić information content (AvgIpc) is 3.65. The van der Waals surface area contributed by atoms with Gasteiger partial charge in [0.1, 0.15) is 11.6 Å². The van der Waals surface area contributed by atoms with Crippen LogP contribution >= 0.6 is 15.9 Å². The Morgan fingerprint density at radius 3 is 2.47 bits per heavy atom. The molecule has 4 saturated heterocycles. The number of aliphatic hydroxyl groups is 1. The summed E-state index contributed by atoms with van der Waals surface area (Å²) in [4.78, 5) is 51.1. The van der Waals surface area contributed by atoms with E-state index in [9.17, 15) is 19.5 Å². The Kier molecular flexibility index (Phi) is 10.9.